The third kappa shape index (κ3) is 5.22. The van der Waals surface area contributed by atoms with Crippen LogP contribution in [0.25, 0.3) is 0 Å². The summed E-state index contributed by atoms with van der Waals surface area (Å²) in [5, 5.41) is 6.65. The van der Waals surface area contributed by atoms with Gasteiger partial charge in [-0.2, -0.15) is 5.10 Å². The molecule has 154 valence electrons. The Morgan fingerprint density at radius 3 is 2.77 bits per heavy atom. The molecular formula is C22H22N4O3S. The van der Waals surface area contributed by atoms with E-state index in [2.05, 4.69) is 20.4 Å². The molecule has 0 spiro atoms. The van der Waals surface area contributed by atoms with Gasteiger partial charge in [-0.3, -0.25) is 4.79 Å². The molecule has 0 saturated carbocycles. The Balaban J connectivity index is 1.35. The van der Waals surface area contributed by atoms with E-state index in [0.717, 1.165) is 29.3 Å². The summed E-state index contributed by atoms with van der Waals surface area (Å²) in [6.07, 6.45) is 1.58. The van der Waals surface area contributed by atoms with Crippen LogP contribution < -0.4 is 15.1 Å². The Labute approximate surface area is 179 Å². The number of aromatic nitrogens is 1. The SMILES string of the molecule is O=C(N/N=C/c1ccccc1OCc1ccccc1)c1csc(N2CCOCC2)n1. The largest absolute Gasteiger partial charge is 0.488 e. The molecule has 1 aromatic heterocycles. The highest BCUT2D eigenvalue weighted by atomic mass is 32.1. The van der Waals surface area contributed by atoms with Gasteiger partial charge in [0.1, 0.15) is 18.1 Å². The van der Waals surface area contributed by atoms with Crippen molar-refractivity contribution in [2.24, 2.45) is 5.10 Å². The maximum atomic E-state index is 12.4. The second-order valence-electron chi connectivity index (χ2n) is 6.63. The normalized spacial score (nSPS) is 14.1. The van der Waals surface area contributed by atoms with Crippen molar-refractivity contribution in [1.82, 2.24) is 10.4 Å². The maximum Gasteiger partial charge on any atom is 0.290 e. The van der Waals surface area contributed by atoms with Crippen molar-refractivity contribution < 1.29 is 14.3 Å². The van der Waals surface area contributed by atoms with E-state index in [0.29, 0.717) is 31.3 Å². The predicted molar refractivity (Wildman–Crippen MR) is 117 cm³/mol. The van der Waals surface area contributed by atoms with Crippen molar-refractivity contribution in [1.29, 1.82) is 0 Å². The van der Waals surface area contributed by atoms with Crippen LogP contribution >= 0.6 is 11.3 Å². The highest BCUT2D eigenvalue weighted by Gasteiger charge is 2.17. The number of thiazole rings is 1. The van der Waals surface area contributed by atoms with Crippen LogP contribution in [0.15, 0.2) is 65.1 Å². The molecule has 0 radical (unpaired) electrons. The molecule has 1 amide bonds. The molecule has 0 unspecified atom stereocenters. The van der Waals surface area contributed by atoms with Crippen molar-refractivity contribution in [3.05, 3.63) is 76.8 Å². The smallest absolute Gasteiger partial charge is 0.290 e. The van der Waals surface area contributed by atoms with E-state index in [1.165, 1.54) is 11.3 Å². The number of carbonyl (C=O) groups is 1. The molecule has 2 aromatic carbocycles. The lowest BCUT2D eigenvalue weighted by atomic mass is 10.2. The minimum atomic E-state index is -0.343. The molecule has 8 heteroatoms. The summed E-state index contributed by atoms with van der Waals surface area (Å²) in [7, 11) is 0. The number of hydrogen-bond acceptors (Lipinski definition) is 7. The van der Waals surface area contributed by atoms with Gasteiger partial charge < -0.3 is 14.4 Å². The number of nitrogens with zero attached hydrogens (tertiary/aromatic N) is 3. The van der Waals surface area contributed by atoms with Crippen molar-refractivity contribution in [2.75, 3.05) is 31.2 Å². The summed E-state index contributed by atoms with van der Waals surface area (Å²) in [5.74, 6) is 0.354. The molecule has 4 rings (SSSR count). The van der Waals surface area contributed by atoms with Crippen molar-refractivity contribution in [3.8, 4) is 5.75 Å². The molecule has 3 aromatic rings. The summed E-state index contributed by atoms with van der Waals surface area (Å²) in [4.78, 5) is 18.9. The zero-order valence-electron chi connectivity index (χ0n) is 16.4. The van der Waals surface area contributed by atoms with Crippen LogP contribution in [0, 0.1) is 0 Å². The maximum absolute atomic E-state index is 12.4. The number of para-hydroxylation sites is 1. The summed E-state index contributed by atoms with van der Waals surface area (Å²) in [5.41, 5.74) is 4.75. The predicted octanol–water partition coefficient (Wildman–Crippen LogP) is 3.32. The summed E-state index contributed by atoms with van der Waals surface area (Å²) in [6, 6.07) is 17.5. The minimum absolute atomic E-state index is 0.343. The first kappa shape index (κ1) is 20.1. The monoisotopic (exact) mass is 422 g/mol. The number of benzene rings is 2. The first-order valence-corrected chi connectivity index (χ1v) is 10.5. The average Bonchev–Trinajstić information content (AvgIpc) is 3.30. The number of rotatable bonds is 7. The van der Waals surface area contributed by atoms with E-state index in [4.69, 9.17) is 9.47 Å². The fourth-order valence-electron chi connectivity index (χ4n) is 2.94. The topological polar surface area (TPSA) is 76.0 Å². The number of carbonyl (C=O) groups excluding carboxylic acids is 1. The number of morpholine rings is 1. The van der Waals surface area contributed by atoms with Crippen LogP contribution in [-0.2, 0) is 11.3 Å². The molecule has 1 aliphatic rings. The molecule has 7 nitrogen and oxygen atoms in total. The molecular weight excluding hydrogens is 400 g/mol. The summed E-state index contributed by atoms with van der Waals surface area (Å²) >= 11 is 1.45. The third-order valence-electron chi connectivity index (χ3n) is 4.53. The Morgan fingerprint density at radius 1 is 1.17 bits per heavy atom. The van der Waals surface area contributed by atoms with Gasteiger partial charge in [0.05, 0.1) is 19.4 Å². The molecule has 1 saturated heterocycles. The highest BCUT2D eigenvalue weighted by molar-refractivity contribution is 7.13. The minimum Gasteiger partial charge on any atom is -0.488 e. The first-order chi connectivity index (χ1) is 14.8. The number of ether oxygens (including phenoxy) is 2. The number of nitrogens with one attached hydrogen (secondary N) is 1. The van der Waals surface area contributed by atoms with Gasteiger partial charge in [-0.05, 0) is 17.7 Å². The molecule has 0 atom stereocenters. The molecule has 1 aliphatic heterocycles. The Bertz CT molecular complexity index is 1000. The van der Waals surface area contributed by atoms with Crippen LogP contribution in [-0.4, -0.2) is 43.4 Å². The molecule has 1 N–H and O–H groups in total. The van der Waals surface area contributed by atoms with Crippen molar-refractivity contribution in [2.45, 2.75) is 6.61 Å². The molecule has 1 fully saturated rings. The van der Waals surface area contributed by atoms with Gasteiger partial charge in [0.25, 0.3) is 5.91 Å². The van der Waals surface area contributed by atoms with Gasteiger partial charge in [-0.15, -0.1) is 11.3 Å². The quantitative estimate of drug-likeness (QED) is 0.467. The number of hydrogen-bond donors (Lipinski definition) is 1. The van der Waals surface area contributed by atoms with Crippen LogP contribution in [0.4, 0.5) is 5.13 Å². The molecule has 0 bridgehead atoms. The lowest BCUT2D eigenvalue weighted by Gasteiger charge is -2.25. The number of hydrazone groups is 1. The summed E-state index contributed by atoms with van der Waals surface area (Å²) in [6.45, 7) is 3.38. The van der Waals surface area contributed by atoms with Crippen molar-refractivity contribution >= 4 is 28.6 Å². The van der Waals surface area contributed by atoms with Gasteiger partial charge in [-0.1, -0.05) is 42.5 Å². The number of amides is 1. The first-order valence-electron chi connectivity index (χ1n) is 9.67. The van der Waals surface area contributed by atoms with Crippen LogP contribution in [0.2, 0.25) is 0 Å². The van der Waals surface area contributed by atoms with Gasteiger partial charge in [0, 0.05) is 24.0 Å². The second kappa shape index (κ2) is 10.00. The average molecular weight is 423 g/mol. The highest BCUT2D eigenvalue weighted by Crippen LogP contribution is 2.21. The van der Waals surface area contributed by atoms with Crippen molar-refractivity contribution in [3.63, 3.8) is 0 Å². The molecule has 2 heterocycles. The van der Waals surface area contributed by atoms with E-state index in [1.54, 1.807) is 11.6 Å². The molecule has 0 aliphatic carbocycles. The number of anilines is 1. The van der Waals surface area contributed by atoms with Gasteiger partial charge in [0.15, 0.2) is 5.13 Å². The zero-order valence-corrected chi connectivity index (χ0v) is 17.2. The Kier molecular flexibility index (Phi) is 6.68. The van der Waals surface area contributed by atoms with Crippen LogP contribution in [0.5, 0.6) is 5.75 Å². The van der Waals surface area contributed by atoms with Crippen LogP contribution in [0.3, 0.4) is 0 Å². The van der Waals surface area contributed by atoms with Crippen LogP contribution in [0.1, 0.15) is 21.6 Å². The summed E-state index contributed by atoms with van der Waals surface area (Å²) < 4.78 is 11.3. The van der Waals surface area contributed by atoms with Gasteiger partial charge in [-0.25, -0.2) is 10.4 Å². The van der Waals surface area contributed by atoms with E-state index in [-0.39, 0.29) is 5.91 Å². The fraction of sp³-hybridized carbons (Fsp3) is 0.227. The standard InChI is InChI=1S/C22H22N4O3S/c27-21(19-16-30-22(24-19)26-10-12-28-13-11-26)25-23-14-18-8-4-5-9-20(18)29-15-17-6-2-1-3-7-17/h1-9,14,16H,10-13,15H2,(H,25,27)/b23-14+. The molecule has 30 heavy (non-hydrogen) atoms. The van der Waals surface area contributed by atoms with Gasteiger partial charge in [0.2, 0.25) is 0 Å². The lowest BCUT2D eigenvalue weighted by Crippen LogP contribution is -2.36. The fourth-order valence-corrected chi connectivity index (χ4v) is 3.80. The van der Waals surface area contributed by atoms with E-state index in [9.17, 15) is 4.79 Å². The van der Waals surface area contributed by atoms with Gasteiger partial charge >= 0.3 is 0 Å². The second-order valence-corrected chi connectivity index (χ2v) is 7.46. The Morgan fingerprint density at radius 2 is 1.93 bits per heavy atom. The van der Waals surface area contributed by atoms with E-state index >= 15 is 0 Å². The van der Waals surface area contributed by atoms with E-state index in [1.807, 2.05) is 54.6 Å². The van der Waals surface area contributed by atoms with E-state index < -0.39 is 0 Å². The third-order valence-corrected chi connectivity index (χ3v) is 5.43. The Hall–Kier alpha value is -3.23. The zero-order chi connectivity index (χ0) is 20.6. The lowest BCUT2D eigenvalue weighted by molar-refractivity contribution is 0.0951.